The molecular weight excluding hydrogens is 461 g/mol. The van der Waals surface area contributed by atoms with Crippen LogP contribution in [0.3, 0.4) is 0 Å². The summed E-state index contributed by atoms with van der Waals surface area (Å²) in [7, 11) is 1.23. The number of nitrogens with one attached hydrogen (secondary N) is 1. The number of ether oxygens (including phenoxy) is 1. The highest BCUT2D eigenvalue weighted by Gasteiger charge is 2.33. The Morgan fingerprint density at radius 3 is 2.29 bits per heavy atom. The number of amides is 1. The zero-order valence-electron chi connectivity index (χ0n) is 18.3. The summed E-state index contributed by atoms with van der Waals surface area (Å²) in [6.45, 7) is 3.01. The summed E-state index contributed by atoms with van der Waals surface area (Å²) in [5.41, 5.74) is -1.41. The first-order chi connectivity index (χ1) is 15.9. The molecule has 0 spiro atoms. The lowest BCUT2D eigenvalue weighted by Crippen LogP contribution is -2.27. The van der Waals surface area contributed by atoms with Gasteiger partial charge in [-0.3, -0.25) is 9.59 Å². The summed E-state index contributed by atoms with van der Waals surface area (Å²) >= 11 is 0. The van der Waals surface area contributed by atoms with Gasteiger partial charge in [0, 0.05) is 12.6 Å². The van der Waals surface area contributed by atoms with Crippen LogP contribution in [0, 0.1) is 0 Å². The van der Waals surface area contributed by atoms with Crippen molar-refractivity contribution in [2.45, 2.75) is 32.5 Å². The minimum Gasteiger partial charge on any atom is -0.438 e. The molecule has 1 amide bonds. The first kappa shape index (κ1) is 24.9. The van der Waals surface area contributed by atoms with E-state index in [1.807, 2.05) is 0 Å². The van der Waals surface area contributed by atoms with E-state index in [4.69, 9.17) is 4.74 Å². The Balaban J connectivity index is 1.92. The third-order valence-electron chi connectivity index (χ3n) is 5.00. The van der Waals surface area contributed by atoms with E-state index in [2.05, 4.69) is 10.4 Å². The van der Waals surface area contributed by atoms with E-state index < -0.39 is 47.3 Å². The van der Waals surface area contributed by atoms with Crippen molar-refractivity contribution >= 4 is 11.7 Å². The molecule has 0 aliphatic carbocycles. The number of benzene rings is 2. The molecule has 2 aromatic carbocycles. The molecule has 1 heterocycles. The van der Waals surface area contributed by atoms with Crippen LogP contribution in [-0.4, -0.2) is 21.5 Å². The minimum atomic E-state index is -4.65. The molecule has 11 heteroatoms. The third kappa shape index (κ3) is 5.41. The van der Waals surface area contributed by atoms with Crippen LogP contribution in [-0.2, 0) is 13.2 Å². The molecule has 6 nitrogen and oxygen atoms in total. The second kappa shape index (κ2) is 9.62. The maximum atomic E-state index is 13.6. The highest BCUT2D eigenvalue weighted by molar-refractivity contribution is 5.98. The van der Waals surface area contributed by atoms with Gasteiger partial charge in [-0.15, -0.1) is 0 Å². The van der Waals surface area contributed by atoms with Gasteiger partial charge in [0.2, 0.25) is 5.88 Å². The fourth-order valence-electron chi connectivity index (χ4n) is 3.22. The summed E-state index contributed by atoms with van der Waals surface area (Å²) in [6, 6.07) is 9.51. The molecular formula is C23H20F5N3O3. The summed E-state index contributed by atoms with van der Waals surface area (Å²) in [6.07, 6.45) is -7.79. The molecule has 3 rings (SSSR count). The van der Waals surface area contributed by atoms with E-state index in [1.165, 1.54) is 20.0 Å². The molecule has 0 aliphatic rings. The van der Waals surface area contributed by atoms with Crippen molar-refractivity contribution < 1.29 is 36.3 Å². The Kier molecular flexibility index (Phi) is 7.04. The molecule has 0 aliphatic heterocycles. The number of halogens is 5. The van der Waals surface area contributed by atoms with Gasteiger partial charge in [-0.2, -0.15) is 18.3 Å². The van der Waals surface area contributed by atoms with E-state index in [1.54, 1.807) is 31.2 Å². The first-order valence-corrected chi connectivity index (χ1v) is 10.0. The van der Waals surface area contributed by atoms with Crippen LogP contribution in [0.15, 0.2) is 48.5 Å². The van der Waals surface area contributed by atoms with E-state index in [0.717, 1.165) is 16.8 Å². The Morgan fingerprint density at radius 1 is 1.09 bits per heavy atom. The van der Waals surface area contributed by atoms with Crippen molar-refractivity contribution in [1.29, 1.82) is 0 Å². The van der Waals surface area contributed by atoms with Crippen LogP contribution >= 0.6 is 0 Å². The van der Waals surface area contributed by atoms with Gasteiger partial charge in [0.25, 0.3) is 12.3 Å². The normalized spacial score (nSPS) is 12.5. The monoisotopic (exact) mass is 481 g/mol. The van der Waals surface area contributed by atoms with Crippen LogP contribution in [0.2, 0.25) is 0 Å². The molecule has 0 radical (unpaired) electrons. The topological polar surface area (TPSA) is 73.2 Å². The maximum Gasteiger partial charge on any atom is 0.416 e. The predicted molar refractivity (Wildman–Crippen MR) is 112 cm³/mol. The van der Waals surface area contributed by atoms with Gasteiger partial charge < -0.3 is 10.1 Å². The lowest BCUT2D eigenvalue weighted by Gasteiger charge is -2.16. The number of hydrogen-bond acceptors (Lipinski definition) is 4. The summed E-state index contributed by atoms with van der Waals surface area (Å²) < 4.78 is 72.6. The van der Waals surface area contributed by atoms with E-state index in [-0.39, 0.29) is 11.5 Å². The molecule has 0 saturated heterocycles. The van der Waals surface area contributed by atoms with Crippen LogP contribution in [0.1, 0.15) is 63.9 Å². The number of Topliss-reactive ketones (excluding diaryl/α,β-unsaturated/α-hetero) is 1. The molecule has 180 valence electrons. The number of ketones is 1. The molecule has 1 N–H and O–H groups in total. The van der Waals surface area contributed by atoms with E-state index in [0.29, 0.717) is 17.2 Å². The zero-order valence-corrected chi connectivity index (χ0v) is 18.3. The molecule has 1 aromatic heterocycles. The quantitative estimate of drug-likeness (QED) is 0.339. The SMILES string of the molecule is CC(=O)c1ccc([C@@H](C)NC(=O)c2c(C(F)F)nn(C)c2Oc2cccc(C(F)(F)F)c2)cc1. The smallest absolute Gasteiger partial charge is 0.416 e. The molecule has 0 bridgehead atoms. The average molecular weight is 481 g/mol. The van der Waals surface area contributed by atoms with Crippen LogP contribution < -0.4 is 10.1 Å². The van der Waals surface area contributed by atoms with Gasteiger partial charge in [0.15, 0.2) is 5.78 Å². The second-order valence-electron chi connectivity index (χ2n) is 7.49. The molecule has 0 saturated carbocycles. The predicted octanol–water partition coefficient (Wildman–Crippen LogP) is 5.86. The largest absolute Gasteiger partial charge is 0.438 e. The molecule has 1 atom stereocenters. The van der Waals surface area contributed by atoms with Crippen LogP contribution in [0.4, 0.5) is 22.0 Å². The zero-order chi connectivity index (χ0) is 25.2. The van der Waals surface area contributed by atoms with Gasteiger partial charge in [-0.05, 0) is 37.6 Å². The van der Waals surface area contributed by atoms with Crippen molar-refractivity contribution in [1.82, 2.24) is 15.1 Å². The van der Waals surface area contributed by atoms with Crippen LogP contribution in [0.25, 0.3) is 0 Å². The summed E-state index contributed by atoms with van der Waals surface area (Å²) in [4.78, 5) is 24.4. The first-order valence-electron chi connectivity index (χ1n) is 10.0. The van der Waals surface area contributed by atoms with Crippen molar-refractivity contribution in [2.75, 3.05) is 0 Å². The van der Waals surface area contributed by atoms with Gasteiger partial charge in [0.1, 0.15) is 17.0 Å². The molecule has 3 aromatic rings. The second-order valence-corrected chi connectivity index (χ2v) is 7.49. The number of hydrogen-bond donors (Lipinski definition) is 1. The maximum absolute atomic E-state index is 13.6. The lowest BCUT2D eigenvalue weighted by atomic mass is 10.0. The Morgan fingerprint density at radius 2 is 1.74 bits per heavy atom. The van der Waals surface area contributed by atoms with Gasteiger partial charge in [-0.25, -0.2) is 13.5 Å². The fourth-order valence-corrected chi connectivity index (χ4v) is 3.22. The highest BCUT2D eigenvalue weighted by atomic mass is 19.4. The van der Waals surface area contributed by atoms with Gasteiger partial charge in [-0.1, -0.05) is 30.3 Å². The Bertz CT molecular complexity index is 1200. The van der Waals surface area contributed by atoms with Crippen molar-refractivity contribution in [3.63, 3.8) is 0 Å². The Hall–Kier alpha value is -3.76. The highest BCUT2D eigenvalue weighted by Crippen LogP contribution is 2.36. The number of carbonyl (C=O) groups is 2. The molecule has 34 heavy (non-hydrogen) atoms. The van der Waals surface area contributed by atoms with E-state index in [9.17, 15) is 31.5 Å². The van der Waals surface area contributed by atoms with Crippen molar-refractivity contribution in [3.05, 3.63) is 76.5 Å². The van der Waals surface area contributed by atoms with Crippen molar-refractivity contribution in [3.8, 4) is 11.6 Å². The number of alkyl halides is 5. The van der Waals surface area contributed by atoms with Gasteiger partial charge >= 0.3 is 6.18 Å². The number of nitrogens with zero attached hydrogens (tertiary/aromatic N) is 2. The van der Waals surface area contributed by atoms with Crippen molar-refractivity contribution in [2.24, 2.45) is 7.05 Å². The fraction of sp³-hybridized carbons (Fsp3) is 0.261. The van der Waals surface area contributed by atoms with E-state index >= 15 is 0 Å². The lowest BCUT2D eigenvalue weighted by molar-refractivity contribution is -0.137. The number of carbonyl (C=O) groups excluding carboxylic acids is 2. The van der Waals surface area contributed by atoms with Crippen LogP contribution in [0.5, 0.6) is 11.6 Å². The summed E-state index contributed by atoms with van der Waals surface area (Å²) in [5, 5.41) is 6.19. The Labute approximate surface area is 191 Å². The number of aryl methyl sites for hydroxylation is 1. The average Bonchev–Trinajstić information content (AvgIpc) is 3.09. The number of rotatable bonds is 7. The minimum absolute atomic E-state index is 0.142. The summed E-state index contributed by atoms with van der Waals surface area (Å²) in [5.74, 6) is -1.84. The third-order valence-corrected chi connectivity index (χ3v) is 5.00. The molecule has 0 fully saturated rings. The molecule has 0 unspecified atom stereocenters. The van der Waals surface area contributed by atoms with Gasteiger partial charge in [0.05, 0.1) is 11.6 Å². The number of aromatic nitrogens is 2. The standard InChI is InChI=1S/C23H20F5N3O3/c1-12(14-7-9-15(10-8-14)13(2)32)29-21(33)18-19(20(24)25)30-31(3)22(18)34-17-6-4-5-16(11-17)23(26,27)28/h4-12,20H,1-3H3,(H,29,33)/t12-/m1/s1.